The largest absolute Gasteiger partial charge is 0.309 e. The Hall–Kier alpha value is -5.93. The average Bonchev–Trinajstić information content (AvgIpc) is 3.77. The molecule has 0 bridgehead atoms. The normalized spacial score (nSPS) is 10.3. The van der Waals surface area contributed by atoms with Gasteiger partial charge in [-0.05, 0) is 76.9 Å². The number of alkyl halides is 1. The van der Waals surface area contributed by atoms with Crippen molar-refractivity contribution in [3.8, 4) is 33.6 Å². The van der Waals surface area contributed by atoms with Crippen molar-refractivity contribution in [2.75, 3.05) is 7.18 Å². The van der Waals surface area contributed by atoms with Crippen molar-refractivity contribution in [1.82, 2.24) is 9.13 Å². The van der Waals surface area contributed by atoms with E-state index in [-0.39, 0.29) is 0 Å². The predicted octanol–water partition coefficient (Wildman–Crippen LogP) is 14.9. The van der Waals surface area contributed by atoms with Crippen molar-refractivity contribution >= 4 is 43.6 Å². The van der Waals surface area contributed by atoms with Gasteiger partial charge in [0.25, 0.3) is 0 Å². The molecule has 0 unspecified atom stereocenters. The van der Waals surface area contributed by atoms with Crippen molar-refractivity contribution in [1.29, 1.82) is 0 Å². The molecule has 3 heteroatoms. The van der Waals surface area contributed by atoms with Crippen LogP contribution in [0.15, 0.2) is 170 Å². The minimum atomic E-state index is 0.500. The van der Waals surface area contributed by atoms with Gasteiger partial charge in [0, 0.05) is 32.9 Å². The van der Waals surface area contributed by atoms with Crippen LogP contribution in [0.5, 0.6) is 0 Å². The van der Waals surface area contributed by atoms with Crippen molar-refractivity contribution in [3.63, 3.8) is 0 Å². The molecule has 0 saturated heterocycles. The summed E-state index contributed by atoms with van der Waals surface area (Å²) in [5.41, 5.74) is 12.1. The summed E-state index contributed by atoms with van der Waals surface area (Å²) >= 11 is 0. The molecule has 0 aliphatic rings. The highest BCUT2D eigenvalue weighted by atomic mass is 19.1. The second-order valence-electron chi connectivity index (χ2n) is 11.4. The van der Waals surface area contributed by atoms with Gasteiger partial charge in [0.2, 0.25) is 0 Å². The molecule has 2 nitrogen and oxygen atoms in total. The van der Waals surface area contributed by atoms with Crippen molar-refractivity contribution in [2.24, 2.45) is 0 Å². The van der Waals surface area contributed by atoms with Crippen LogP contribution in [0.1, 0.15) is 41.5 Å². The molecule has 0 aliphatic carbocycles. The van der Waals surface area contributed by atoms with Crippen molar-refractivity contribution in [3.05, 3.63) is 170 Å². The lowest BCUT2D eigenvalue weighted by Gasteiger charge is -2.11. The van der Waals surface area contributed by atoms with Gasteiger partial charge in [-0.1, -0.05) is 157 Å². The van der Waals surface area contributed by atoms with Gasteiger partial charge in [-0.15, -0.1) is 0 Å². The predicted molar refractivity (Wildman–Crippen MR) is 227 cm³/mol. The zero-order chi connectivity index (χ0) is 37.0. The van der Waals surface area contributed by atoms with Crippen LogP contribution >= 0.6 is 0 Å². The summed E-state index contributed by atoms with van der Waals surface area (Å²) in [5, 5.41) is 5.10. The second-order valence-corrected chi connectivity index (χ2v) is 11.4. The Balaban J connectivity index is 0.000000614. The highest BCUT2D eigenvalue weighted by Gasteiger charge is 2.14. The molecular weight excluding hydrogens is 636 g/mol. The molecule has 0 saturated carbocycles. The smallest absolute Gasteiger partial charge is 0.0785 e. The third-order valence-electron chi connectivity index (χ3n) is 8.94. The molecule has 0 amide bonds. The molecular formula is C49H49FN2. The van der Waals surface area contributed by atoms with E-state index in [4.69, 9.17) is 0 Å². The molecule has 2 heterocycles. The van der Waals surface area contributed by atoms with Gasteiger partial charge < -0.3 is 9.13 Å². The number of halogens is 1. The SMILES string of the molecule is CC.CC.CC.CF.c1ccc(-c2ccc3c(c2)c2ccccc2n3-c2ccc(-c3ccc(-n4c5ccccc5c5ccccc54)cc3)cc2)cc1. The number of fused-ring (bicyclic) bond motifs is 6. The molecule has 7 aromatic carbocycles. The first-order valence-corrected chi connectivity index (χ1v) is 18.5. The molecule has 9 rings (SSSR count). The van der Waals surface area contributed by atoms with E-state index in [0.717, 1.165) is 5.69 Å². The average molecular weight is 685 g/mol. The van der Waals surface area contributed by atoms with Gasteiger partial charge in [0.15, 0.2) is 0 Å². The number of benzene rings is 7. The number of rotatable bonds is 4. The van der Waals surface area contributed by atoms with Crippen LogP contribution in [-0.2, 0) is 0 Å². The first-order valence-electron chi connectivity index (χ1n) is 18.5. The fourth-order valence-corrected chi connectivity index (χ4v) is 6.87. The van der Waals surface area contributed by atoms with Crippen LogP contribution in [0.25, 0.3) is 77.2 Å². The molecule has 52 heavy (non-hydrogen) atoms. The van der Waals surface area contributed by atoms with E-state index in [1.165, 1.54) is 71.6 Å². The minimum absolute atomic E-state index is 0.500. The highest BCUT2D eigenvalue weighted by molar-refractivity contribution is 6.11. The minimum Gasteiger partial charge on any atom is -0.309 e. The van der Waals surface area contributed by atoms with E-state index in [1.807, 2.05) is 41.5 Å². The fraction of sp³-hybridized carbons (Fsp3) is 0.143. The number of para-hydroxylation sites is 3. The van der Waals surface area contributed by atoms with Gasteiger partial charge in [0.1, 0.15) is 0 Å². The van der Waals surface area contributed by atoms with E-state index in [2.05, 4.69) is 179 Å². The Bertz CT molecular complexity index is 2410. The maximum Gasteiger partial charge on any atom is 0.0785 e. The zero-order valence-electron chi connectivity index (χ0n) is 31.4. The monoisotopic (exact) mass is 684 g/mol. The summed E-state index contributed by atoms with van der Waals surface area (Å²) in [6.45, 7) is 12.0. The second kappa shape index (κ2) is 17.8. The first kappa shape index (κ1) is 37.3. The van der Waals surface area contributed by atoms with Crippen LogP contribution in [0.3, 0.4) is 0 Å². The summed E-state index contributed by atoms with van der Waals surface area (Å²) in [7, 11) is 0.500. The number of aromatic nitrogens is 2. The summed E-state index contributed by atoms with van der Waals surface area (Å²) in [4.78, 5) is 0. The molecule has 0 atom stereocenters. The Morgan fingerprint density at radius 1 is 0.288 bits per heavy atom. The molecule has 9 aromatic rings. The van der Waals surface area contributed by atoms with E-state index < -0.39 is 0 Å². The van der Waals surface area contributed by atoms with Crippen molar-refractivity contribution in [2.45, 2.75) is 41.5 Å². The van der Waals surface area contributed by atoms with Crippen LogP contribution in [-0.4, -0.2) is 16.3 Å². The molecule has 262 valence electrons. The lowest BCUT2D eigenvalue weighted by atomic mass is 10.0. The lowest BCUT2D eigenvalue weighted by molar-refractivity contribution is 0.636. The van der Waals surface area contributed by atoms with Crippen LogP contribution in [0, 0.1) is 0 Å². The van der Waals surface area contributed by atoms with Gasteiger partial charge >= 0.3 is 0 Å². The Labute approximate surface area is 308 Å². The molecule has 0 spiro atoms. The summed E-state index contributed by atoms with van der Waals surface area (Å²) in [6.07, 6.45) is 0. The van der Waals surface area contributed by atoms with Crippen LogP contribution < -0.4 is 0 Å². The summed E-state index contributed by atoms with van der Waals surface area (Å²) in [6, 6.07) is 61.4. The Morgan fingerprint density at radius 3 is 1.02 bits per heavy atom. The fourth-order valence-electron chi connectivity index (χ4n) is 6.87. The summed E-state index contributed by atoms with van der Waals surface area (Å²) in [5.74, 6) is 0. The van der Waals surface area contributed by atoms with Gasteiger partial charge in [-0.3, -0.25) is 4.39 Å². The topological polar surface area (TPSA) is 9.86 Å². The van der Waals surface area contributed by atoms with E-state index >= 15 is 0 Å². The third-order valence-corrected chi connectivity index (χ3v) is 8.94. The number of nitrogens with zero attached hydrogens (tertiary/aromatic N) is 2. The van der Waals surface area contributed by atoms with Crippen molar-refractivity contribution < 1.29 is 4.39 Å². The highest BCUT2D eigenvalue weighted by Crippen LogP contribution is 2.36. The zero-order valence-corrected chi connectivity index (χ0v) is 31.4. The van der Waals surface area contributed by atoms with Crippen LogP contribution in [0.4, 0.5) is 4.39 Å². The van der Waals surface area contributed by atoms with E-state index in [9.17, 15) is 4.39 Å². The van der Waals surface area contributed by atoms with Gasteiger partial charge in [-0.2, -0.15) is 0 Å². The Kier molecular flexibility index (Phi) is 12.8. The van der Waals surface area contributed by atoms with Crippen LogP contribution in [0.2, 0.25) is 0 Å². The lowest BCUT2D eigenvalue weighted by Crippen LogP contribution is -1.94. The molecule has 0 fully saturated rings. The van der Waals surface area contributed by atoms with E-state index in [1.54, 1.807) is 0 Å². The molecule has 2 aromatic heterocycles. The maximum atomic E-state index is 9.50. The first-order chi connectivity index (χ1) is 25.8. The van der Waals surface area contributed by atoms with Gasteiger partial charge in [-0.25, -0.2) is 0 Å². The Morgan fingerprint density at radius 2 is 0.596 bits per heavy atom. The van der Waals surface area contributed by atoms with Gasteiger partial charge in [0.05, 0.1) is 29.2 Å². The quantitative estimate of drug-likeness (QED) is 0.175. The molecule has 0 aliphatic heterocycles. The maximum absolute atomic E-state index is 9.50. The third kappa shape index (κ3) is 7.00. The number of hydrogen-bond donors (Lipinski definition) is 0. The number of hydrogen-bond acceptors (Lipinski definition) is 0. The van der Waals surface area contributed by atoms with E-state index in [0.29, 0.717) is 7.18 Å². The standard InChI is InChI=1S/C42H28N2.3C2H6.CH3F/c1-2-10-29(11-3-1)32-22-27-42-38(28-32)37-14-6-9-17-41(37)44(42)34-25-20-31(21-26-34)30-18-23-33(24-19-30)43-39-15-7-4-12-35(39)36-13-5-8-16-40(36)43;4*1-2/h1-28H;3*1-2H3;1H3. The molecule has 0 N–H and O–H groups in total. The summed E-state index contributed by atoms with van der Waals surface area (Å²) < 4.78 is 14.2. The molecule has 0 radical (unpaired) electrons.